The normalized spacial score (nSPS) is 23.8. The standard InChI is InChI=1S/C21H26N6O3/c28-19(16-3-5-17(6-4-16)27-15-22-23-24-27)26-11-7-21(8-12-26)13-18(30-20(21)29)14-25-9-1-2-10-25/h3-6,15,18H,1-2,7-14H2. The van der Waals surface area contributed by atoms with Crippen molar-refractivity contribution in [1.29, 1.82) is 0 Å². The summed E-state index contributed by atoms with van der Waals surface area (Å²) in [6, 6.07) is 7.23. The molecule has 0 radical (unpaired) electrons. The maximum absolute atomic E-state index is 12.9. The molecule has 1 spiro atoms. The SMILES string of the molecule is O=C(c1ccc(-n2cnnn2)cc1)N1CCC2(CC1)CC(CN1CCCC1)OC2=O. The number of benzene rings is 1. The number of rotatable bonds is 4. The third kappa shape index (κ3) is 3.58. The number of ether oxygens (including phenoxy) is 1. The zero-order valence-corrected chi connectivity index (χ0v) is 16.9. The highest BCUT2D eigenvalue weighted by molar-refractivity contribution is 5.94. The van der Waals surface area contributed by atoms with Gasteiger partial charge < -0.3 is 9.64 Å². The molecule has 0 bridgehead atoms. The van der Waals surface area contributed by atoms with Gasteiger partial charge in [0.2, 0.25) is 0 Å². The third-order valence-corrected chi connectivity index (χ3v) is 6.72. The summed E-state index contributed by atoms with van der Waals surface area (Å²) in [7, 11) is 0. The highest BCUT2D eigenvalue weighted by Gasteiger charge is 2.51. The van der Waals surface area contributed by atoms with Crippen molar-refractivity contribution in [2.45, 2.75) is 38.2 Å². The molecule has 9 nitrogen and oxygen atoms in total. The average Bonchev–Trinajstić information content (AvgIpc) is 3.52. The highest BCUT2D eigenvalue weighted by Crippen LogP contribution is 2.43. The summed E-state index contributed by atoms with van der Waals surface area (Å²) in [5.41, 5.74) is 1.01. The number of likely N-dealkylation sites (tertiary alicyclic amines) is 2. The second-order valence-corrected chi connectivity index (χ2v) is 8.61. The van der Waals surface area contributed by atoms with Crippen LogP contribution in [-0.4, -0.2) is 80.7 Å². The van der Waals surface area contributed by atoms with Gasteiger partial charge >= 0.3 is 5.97 Å². The van der Waals surface area contributed by atoms with Gasteiger partial charge in [-0.2, -0.15) is 0 Å². The molecule has 0 N–H and O–H groups in total. The van der Waals surface area contributed by atoms with Crippen molar-refractivity contribution in [3.05, 3.63) is 36.2 Å². The number of carbonyl (C=O) groups excluding carboxylic acids is 2. The van der Waals surface area contributed by atoms with E-state index in [0.717, 1.165) is 31.7 Å². The first kappa shape index (κ1) is 19.2. The lowest BCUT2D eigenvalue weighted by atomic mass is 9.76. The molecule has 2 aromatic rings. The second-order valence-electron chi connectivity index (χ2n) is 8.61. The molecule has 3 aliphatic heterocycles. The number of piperidine rings is 1. The van der Waals surface area contributed by atoms with Crippen molar-refractivity contribution in [3.8, 4) is 5.69 Å². The van der Waals surface area contributed by atoms with E-state index in [1.165, 1.54) is 19.2 Å². The van der Waals surface area contributed by atoms with Gasteiger partial charge in [-0.1, -0.05) is 0 Å². The summed E-state index contributed by atoms with van der Waals surface area (Å²) < 4.78 is 7.29. The summed E-state index contributed by atoms with van der Waals surface area (Å²) in [6.07, 6.45) is 6.12. The molecular formula is C21H26N6O3. The van der Waals surface area contributed by atoms with Gasteiger partial charge in [0, 0.05) is 31.6 Å². The summed E-state index contributed by atoms with van der Waals surface area (Å²) in [5, 5.41) is 11.1. The molecule has 30 heavy (non-hydrogen) atoms. The van der Waals surface area contributed by atoms with Gasteiger partial charge in [-0.05, 0) is 73.5 Å². The fraction of sp³-hybridized carbons (Fsp3) is 0.571. The summed E-state index contributed by atoms with van der Waals surface area (Å²) >= 11 is 0. The second kappa shape index (κ2) is 7.79. The number of hydrogen-bond donors (Lipinski definition) is 0. The van der Waals surface area contributed by atoms with Crippen molar-refractivity contribution in [3.63, 3.8) is 0 Å². The van der Waals surface area contributed by atoms with Crippen LogP contribution in [0.2, 0.25) is 0 Å². The molecular weight excluding hydrogens is 384 g/mol. The topological polar surface area (TPSA) is 93.5 Å². The van der Waals surface area contributed by atoms with Crippen LogP contribution >= 0.6 is 0 Å². The molecule has 9 heteroatoms. The van der Waals surface area contributed by atoms with Crippen LogP contribution in [0.3, 0.4) is 0 Å². The summed E-state index contributed by atoms with van der Waals surface area (Å²) in [6.45, 7) is 4.23. The Kier molecular flexibility index (Phi) is 4.98. The van der Waals surface area contributed by atoms with E-state index in [0.29, 0.717) is 31.5 Å². The molecule has 3 saturated heterocycles. The average molecular weight is 410 g/mol. The molecule has 1 amide bonds. The number of hydrogen-bond acceptors (Lipinski definition) is 7. The van der Waals surface area contributed by atoms with Crippen LogP contribution in [0, 0.1) is 5.41 Å². The monoisotopic (exact) mass is 410 g/mol. The van der Waals surface area contributed by atoms with Gasteiger partial charge in [-0.3, -0.25) is 14.5 Å². The molecule has 1 atom stereocenters. The van der Waals surface area contributed by atoms with Crippen LogP contribution in [0.4, 0.5) is 0 Å². The maximum Gasteiger partial charge on any atom is 0.312 e. The Morgan fingerprint density at radius 2 is 1.83 bits per heavy atom. The lowest BCUT2D eigenvalue weighted by Crippen LogP contribution is -2.45. The van der Waals surface area contributed by atoms with Gasteiger partial charge in [0.05, 0.1) is 11.1 Å². The van der Waals surface area contributed by atoms with Crippen molar-refractivity contribution in [2.75, 3.05) is 32.7 Å². The van der Waals surface area contributed by atoms with E-state index in [1.54, 1.807) is 16.8 Å². The molecule has 0 saturated carbocycles. The van der Waals surface area contributed by atoms with E-state index >= 15 is 0 Å². The van der Waals surface area contributed by atoms with E-state index in [2.05, 4.69) is 20.4 Å². The predicted molar refractivity (Wildman–Crippen MR) is 107 cm³/mol. The zero-order valence-electron chi connectivity index (χ0n) is 16.9. The number of nitrogens with zero attached hydrogens (tertiary/aromatic N) is 6. The van der Waals surface area contributed by atoms with Crippen LogP contribution in [-0.2, 0) is 9.53 Å². The van der Waals surface area contributed by atoms with Crippen molar-refractivity contribution >= 4 is 11.9 Å². The molecule has 3 fully saturated rings. The van der Waals surface area contributed by atoms with Gasteiger partial charge in [0.25, 0.3) is 5.91 Å². The van der Waals surface area contributed by atoms with Crippen molar-refractivity contribution in [1.82, 2.24) is 30.0 Å². The number of amides is 1. The molecule has 3 aliphatic rings. The van der Waals surface area contributed by atoms with Crippen molar-refractivity contribution in [2.24, 2.45) is 5.41 Å². The van der Waals surface area contributed by atoms with Crippen LogP contribution < -0.4 is 0 Å². The predicted octanol–water partition coefficient (Wildman–Crippen LogP) is 1.30. The van der Waals surface area contributed by atoms with Gasteiger partial charge in [0.15, 0.2) is 0 Å². The Balaban J connectivity index is 1.19. The largest absolute Gasteiger partial charge is 0.461 e. The van der Waals surface area contributed by atoms with Gasteiger partial charge in [-0.25, -0.2) is 4.68 Å². The first-order valence-electron chi connectivity index (χ1n) is 10.7. The molecule has 158 valence electrons. The van der Waals surface area contributed by atoms with E-state index in [9.17, 15) is 9.59 Å². The fourth-order valence-electron chi connectivity index (χ4n) is 4.96. The number of aromatic nitrogens is 4. The van der Waals surface area contributed by atoms with E-state index in [-0.39, 0.29) is 18.0 Å². The van der Waals surface area contributed by atoms with Gasteiger partial charge in [0.1, 0.15) is 12.4 Å². The number of esters is 1. The maximum atomic E-state index is 12.9. The molecule has 1 unspecified atom stereocenters. The summed E-state index contributed by atoms with van der Waals surface area (Å²) in [5.74, 6) is -0.0716. The Morgan fingerprint density at radius 3 is 2.50 bits per heavy atom. The van der Waals surface area contributed by atoms with Crippen LogP contribution in [0.1, 0.15) is 42.5 Å². The van der Waals surface area contributed by atoms with Crippen LogP contribution in [0.25, 0.3) is 5.69 Å². The first-order valence-corrected chi connectivity index (χ1v) is 10.7. The van der Waals surface area contributed by atoms with E-state index in [4.69, 9.17) is 4.74 Å². The zero-order chi connectivity index (χ0) is 20.6. The number of cyclic esters (lactones) is 1. The Bertz CT molecular complexity index is 899. The molecule has 0 aliphatic carbocycles. The Morgan fingerprint density at radius 1 is 1.10 bits per heavy atom. The van der Waals surface area contributed by atoms with Crippen LogP contribution in [0.5, 0.6) is 0 Å². The Labute approximate surface area is 175 Å². The lowest BCUT2D eigenvalue weighted by Gasteiger charge is -2.36. The molecule has 4 heterocycles. The highest BCUT2D eigenvalue weighted by atomic mass is 16.6. The molecule has 1 aromatic heterocycles. The fourth-order valence-corrected chi connectivity index (χ4v) is 4.96. The lowest BCUT2D eigenvalue weighted by molar-refractivity contribution is -0.150. The minimum Gasteiger partial charge on any atom is -0.461 e. The van der Waals surface area contributed by atoms with Crippen LogP contribution in [0.15, 0.2) is 30.6 Å². The molecule has 1 aromatic carbocycles. The Hall–Kier alpha value is -2.81. The quantitative estimate of drug-likeness (QED) is 0.701. The summed E-state index contributed by atoms with van der Waals surface area (Å²) in [4.78, 5) is 29.8. The smallest absolute Gasteiger partial charge is 0.312 e. The van der Waals surface area contributed by atoms with E-state index < -0.39 is 5.41 Å². The minimum atomic E-state index is -0.412. The van der Waals surface area contributed by atoms with Crippen molar-refractivity contribution < 1.29 is 14.3 Å². The minimum absolute atomic E-state index is 0.00308. The van der Waals surface area contributed by atoms with Gasteiger partial charge in [-0.15, -0.1) is 5.10 Å². The third-order valence-electron chi connectivity index (χ3n) is 6.72. The first-order chi connectivity index (χ1) is 14.6. The molecule has 5 rings (SSSR count). The number of carbonyl (C=O) groups is 2. The number of tetrazole rings is 1. The van der Waals surface area contributed by atoms with E-state index in [1.807, 2.05) is 17.0 Å².